The van der Waals surface area contributed by atoms with Gasteiger partial charge in [-0.1, -0.05) is 18.0 Å². The number of carbonyl (C=O) groups is 3. The molecule has 2 amide bonds. The Balaban J connectivity index is 1.61. The molecule has 162 valence electrons. The highest BCUT2D eigenvalue weighted by Crippen LogP contribution is 2.40. The third-order valence-electron chi connectivity index (χ3n) is 6.40. The van der Waals surface area contributed by atoms with Crippen molar-refractivity contribution < 1.29 is 23.6 Å². The number of hydrogen-bond acceptors (Lipinski definition) is 7. The second kappa shape index (κ2) is 8.49. The molecule has 3 aliphatic rings. The molecular formula is C21H28N4O5. The molecule has 4 rings (SSSR count). The normalized spacial score (nSPS) is 24.7. The molecule has 30 heavy (non-hydrogen) atoms. The van der Waals surface area contributed by atoms with Gasteiger partial charge in [-0.25, -0.2) is 4.79 Å². The number of ether oxygens (including phenoxy) is 1. The minimum atomic E-state index is -0.548. The van der Waals surface area contributed by atoms with E-state index in [1.165, 1.54) is 6.20 Å². The lowest BCUT2D eigenvalue weighted by atomic mass is 9.76. The molecule has 0 aromatic carbocycles. The maximum Gasteiger partial charge on any atom is 0.345 e. The first-order valence-electron chi connectivity index (χ1n) is 10.7. The van der Waals surface area contributed by atoms with Crippen LogP contribution in [0.15, 0.2) is 28.1 Å². The fraction of sp³-hybridized carbons (Fsp3) is 0.619. The van der Waals surface area contributed by atoms with E-state index in [1.54, 1.807) is 29.8 Å². The first-order chi connectivity index (χ1) is 14.5. The van der Waals surface area contributed by atoms with Crippen LogP contribution in [0.3, 0.4) is 0 Å². The Morgan fingerprint density at radius 2 is 1.93 bits per heavy atom. The number of carbonyl (C=O) groups excluding carboxylic acids is 3. The van der Waals surface area contributed by atoms with Gasteiger partial charge in [-0.3, -0.25) is 9.59 Å². The number of esters is 1. The maximum atomic E-state index is 13.1. The molecule has 1 saturated carbocycles. The Kier molecular flexibility index (Phi) is 5.78. The number of hydrogen-bond donors (Lipinski definition) is 0. The van der Waals surface area contributed by atoms with E-state index in [0.717, 1.165) is 31.4 Å². The standard InChI is InChI=1S/C21H28N4O5/c1-3-29-21(28)17-18(14-6-4-5-7-15(14)23(2)20(17)27)24-10-12-25(13-11-24)19(26)16-8-9-22-30-16/h8-9,14-15H,3-7,10-13H2,1-2H3. The quantitative estimate of drug-likeness (QED) is 0.539. The highest BCUT2D eigenvalue weighted by molar-refractivity contribution is 6.17. The molecular weight excluding hydrogens is 388 g/mol. The van der Waals surface area contributed by atoms with Gasteiger partial charge in [0.05, 0.1) is 12.8 Å². The third-order valence-corrected chi connectivity index (χ3v) is 6.40. The first-order valence-corrected chi connectivity index (χ1v) is 10.7. The zero-order valence-electron chi connectivity index (χ0n) is 17.5. The number of fused-ring (bicyclic) bond motifs is 1. The van der Waals surface area contributed by atoms with Gasteiger partial charge >= 0.3 is 5.97 Å². The van der Waals surface area contributed by atoms with Crippen molar-refractivity contribution >= 4 is 17.8 Å². The van der Waals surface area contributed by atoms with Crippen LogP contribution in [-0.2, 0) is 14.3 Å². The second-order valence-electron chi connectivity index (χ2n) is 8.01. The van der Waals surface area contributed by atoms with Crippen molar-refractivity contribution in [3.8, 4) is 0 Å². The third kappa shape index (κ3) is 3.57. The van der Waals surface area contributed by atoms with Gasteiger partial charge in [0.25, 0.3) is 11.8 Å². The molecule has 1 aromatic heterocycles. The van der Waals surface area contributed by atoms with Crippen LogP contribution in [0.2, 0.25) is 0 Å². The summed E-state index contributed by atoms with van der Waals surface area (Å²) in [5.74, 6) is -0.656. The minimum absolute atomic E-state index is 0.105. The molecule has 2 atom stereocenters. The summed E-state index contributed by atoms with van der Waals surface area (Å²) in [5, 5.41) is 3.60. The largest absolute Gasteiger partial charge is 0.462 e. The molecule has 1 aliphatic carbocycles. The topological polar surface area (TPSA) is 96.2 Å². The van der Waals surface area contributed by atoms with Crippen molar-refractivity contribution in [2.45, 2.75) is 38.6 Å². The molecule has 2 aliphatic heterocycles. The molecule has 2 fully saturated rings. The summed E-state index contributed by atoms with van der Waals surface area (Å²) >= 11 is 0. The van der Waals surface area contributed by atoms with Crippen molar-refractivity contribution in [3.63, 3.8) is 0 Å². The summed E-state index contributed by atoms with van der Waals surface area (Å²) in [5.41, 5.74) is 0.977. The van der Waals surface area contributed by atoms with Crippen molar-refractivity contribution in [2.24, 2.45) is 5.92 Å². The number of nitrogens with zero attached hydrogens (tertiary/aromatic N) is 4. The summed E-state index contributed by atoms with van der Waals surface area (Å²) in [6, 6.07) is 1.66. The second-order valence-corrected chi connectivity index (χ2v) is 8.01. The molecule has 1 saturated heterocycles. The van der Waals surface area contributed by atoms with Crippen LogP contribution in [0.4, 0.5) is 0 Å². The lowest BCUT2D eigenvalue weighted by molar-refractivity contribution is -0.144. The van der Waals surface area contributed by atoms with Gasteiger partial charge in [0.1, 0.15) is 5.57 Å². The maximum absolute atomic E-state index is 13.1. The van der Waals surface area contributed by atoms with E-state index in [2.05, 4.69) is 10.1 Å². The van der Waals surface area contributed by atoms with Crippen molar-refractivity contribution in [2.75, 3.05) is 39.8 Å². The van der Waals surface area contributed by atoms with Crippen molar-refractivity contribution in [1.29, 1.82) is 0 Å². The molecule has 1 aromatic rings. The zero-order valence-corrected chi connectivity index (χ0v) is 17.5. The minimum Gasteiger partial charge on any atom is -0.462 e. The fourth-order valence-electron chi connectivity index (χ4n) is 4.94. The van der Waals surface area contributed by atoms with Gasteiger partial charge < -0.3 is 24.0 Å². The smallest absolute Gasteiger partial charge is 0.345 e. The molecule has 0 spiro atoms. The lowest BCUT2D eigenvalue weighted by Gasteiger charge is -2.48. The van der Waals surface area contributed by atoms with E-state index in [-0.39, 0.29) is 41.7 Å². The van der Waals surface area contributed by atoms with E-state index in [9.17, 15) is 14.4 Å². The molecule has 2 unspecified atom stereocenters. The fourth-order valence-corrected chi connectivity index (χ4v) is 4.94. The molecule has 9 nitrogen and oxygen atoms in total. The van der Waals surface area contributed by atoms with Gasteiger partial charge in [-0.15, -0.1) is 0 Å². The Bertz CT molecular complexity index is 842. The molecule has 9 heteroatoms. The number of piperazine rings is 1. The predicted molar refractivity (Wildman–Crippen MR) is 106 cm³/mol. The SMILES string of the molecule is CCOC(=O)C1=C(N2CCN(C(=O)c3ccno3)CC2)C2CCCCC2N(C)C1=O. The molecule has 0 N–H and O–H groups in total. The summed E-state index contributed by atoms with van der Waals surface area (Å²) in [6.45, 7) is 4.05. The van der Waals surface area contributed by atoms with Crippen LogP contribution >= 0.6 is 0 Å². The summed E-state index contributed by atoms with van der Waals surface area (Å²) < 4.78 is 10.2. The van der Waals surface area contributed by atoms with Gasteiger partial charge in [0.2, 0.25) is 5.76 Å². The van der Waals surface area contributed by atoms with E-state index < -0.39 is 5.97 Å². The van der Waals surface area contributed by atoms with Crippen LogP contribution < -0.4 is 0 Å². The van der Waals surface area contributed by atoms with Gasteiger partial charge in [-0.2, -0.15) is 0 Å². The summed E-state index contributed by atoms with van der Waals surface area (Å²) in [7, 11) is 1.79. The molecule has 0 radical (unpaired) electrons. The average Bonchev–Trinajstić information content (AvgIpc) is 3.31. The van der Waals surface area contributed by atoms with Crippen molar-refractivity contribution in [3.05, 3.63) is 29.3 Å². The zero-order chi connectivity index (χ0) is 21.3. The Morgan fingerprint density at radius 3 is 2.60 bits per heavy atom. The van der Waals surface area contributed by atoms with Crippen molar-refractivity contribution in [1.82, 2.24) is 19.9 Å². The summed E-state index contributed by atoms with van der Waals surface area (Å²) in [6.07, 6.45) is 5.49. The van der Waals surface area contributed by atoms with Crippen LogP contribution in [0.25, 0.3) is 0 Å². The number of aromatic nitrogens is 1. The van der Waals surface area contributed by atoms with Crippen LogP contribution in [0, 0.1) is 5.92 Å². The predicted octanol–water partition coefficient (Wildman–Crippen LogP) is 1.28. The lowest BCUT2D eigenvalue weighted by Crippen LogP contribution is -2.56. The molecule has 0 bridgehead atoms. The average molecular weight is 416 g/mol. The van der Waals surface area contributed by atoms with Crippen LogP contribution in [0.5, 0.6) is 0 Å². The van der Waals surface area contributed by atoms with E-state index >= 15 is 0 Å². The van der Waals surface area contributed by atoms with E-state index in [0.29, 0.717) is 26.2 Å². The first kappa shape index (κ1) is 20.4. The Morgan fingerprint density at radius 1 is 1.20 bits per heavy atom. The Hall–Kier alpha value is -2.84. The van der Waals surface area contributed by atoms with Gasteiger partial charge in [-0.05, 0) is 19.8 Å². The molecule has 3 heterocycles. The van der Waals surface area contributed by atoms with Gasteiger partial charge in [0, 0.05) is 56.9 Å². The monoisotopic (exact) mass is 416 g/mol. The number of likely N-dealkylation sites (N-methyl/N-ethyl adjacent to an activating group) is 1. The highest BCUT2D eigenvalue weighted by atomic mass is 16.5. The van der Waals surface area contributed by atoms with E-state index in [4.69, 9.17) is 9.26 Å². The number of rotatable bonds is 4. The Labute approximate surface area is 175 Å². The van der Waals surface area contributed by atoms with Gasteiger partial charge in [0.15, 0.2) is 0 Å². The number of amides is 2. The van der Waals surface area contributed by atoms with E-state index in [1.807, 2.05) is 0 Å². The van der Waals surface area contributed by atoms with Crippen LogP contribution in [0.1, 0.15) is 43.2 Å². The highest BCUT2D eigenvalue weighted by Gasteiger charge is 2.46. The van der Waals surface area contributed by atoms with Crippen LogP contribution in [-0.4, -0.2) is 83.5 Å². The summed E-state index contributed by atoms with van der Waals surface area (Å²) in [4.78, 5) is 44.0.